The standard InChI is InChI=1S/C16H26N2/c1-3-5-8-13-9-7-11-15-16(13)18-14(12-17-15)10-6-4-2/h7,9,11,14,17-18H,3-6,8,10,12H2,1-2H3. The molecule has 0 fully saturated rings. The largest absolute Gasteiger partial charge is 0.381 e. The van der Waals surface area contributed by atoms with Gasteiger partial charge in [-0.05, 0) is 30.9 Å². The van der Waals surface area contributed by atoms with Crippen molar-refractivity contribution in [3.05, 3.63) is 23.8 Å². The molecule has 2 heteroatoms. The Morgan fingerprint density at radius 3 is 2.78 bits per heavy atom. The third-order valence-corrected chi connectivity index (χ3v) is 3.74. The van der Waals surface area contributed by atoms with Gasteiger partial charge in [0.05, 0.1) is 11.4 Å². The van der Waals surface area contributed by atoms with Crippen LogP contribution in [0.3, 0.4) is 0 Å². The van der Waals surface area contributed by atoms with Crippen molar-refractivity contribution in [2.45, 2.75) is 58.4 Å². The van der Waals surface area contributed by atoms with Crippen molar-refractivity contribution >= 4 is 11.4 Å². The van der Waals surface area contributed by atoms with Gasteiger partial charge in [-0.1, -0.05) is 45.2 Å². The maximum Gasteiger partial charge on any atom is 0.0611 e. The van der Waals surface area contributed by atoms with Crippen molar-refractivity contribution in [3.63, 3.8) is 0 Å². The van der Waals surface area contributed by atoms with Crippen molar-refractivity contribution in [1.82, 2.24) is 0 Å². The van der Waals surface area contributed by atoms with Crippen molar-refractivity contribution < 1.29 is 0 Å². The quantitative estimate of drug-likeness (QED) is 0.776. The molecule has 1 atom stereocenters. The summed E-state index contributed by atoms with van der Waals surface area (Å²) >= 11 is 0. The predicted octanol–water partition coefficient (Wildman–Crippen LogP) is 4.43. The first-order valence-corrected chi connectivity index (χ1v) is 7.47. The molecule has 0 saturated heterocycles. The van der Waals surface area contributed by atoms with Crippen molar-refractivity contribution in [3.8, 4) is 0 Å². The Morgan fingerprint density at radius 1 is 1.17 bits per heavy atom. The molecule has 0 amide bonds. The minimum Gasteiger partial charge on any atom is -0.381 e. The lowest BCUT2D eigenvalue weighted by atomic mass is 10.0. The first kappa shape index (κ1) is 13.3. The normalized spacial score (nSPS) is 17.8. The van der Waals surface area contributed by atoms with E-state index < -0.39 is 0 Å². The summed E-state index contributed by atoms with van der Waals surface area (Å²) in [6.45, 7) is 5.58. The van der Waals surface area contributed by atoms with Crippen LogP contribution in [-0.4, -0.2) is 12.6 Å². The minimum atomic E-state index is 0.597. The summed E-state index contributed by atoms with van der Waals surface area (Å²) in [5.74, 6) is 0. The molecule has 1 aromatic carbocycles. The lowest BCUT2D eigenvalue weighted by molar-refractivity contribution is 0.618. The maximum absolute atomic E-state index is 3.75. The second-order valence-corrected chi connectivity index (χ2v) is 5.31. The zero-order valence-electron chi connectivity index (χ0n) is 11.8. The second-order valence-electron chi connectivity index (χ2n) is 5.31. The average molecular weight is 246 g/mol. The Hall–Kier alpha value is -1.18. The lowest BCUT2D eigenvalue weighted by Gasteiger charge is -2.30. The molecule has 18 heavy (non-hydrogen) atoms. The number of benzene rings is 1. The number of para-hydroxylation sites is 1. The van der Waals surface area contributed by atoms with Crippen LogP contribution in [0.25, 0.3) is 0 Å². The Morgan fingerprint density at radius 2 is 2.00 bits per heavy atom. The molecule has 0 radical (unpaired) electrons. The molecule has 100 valence electrons. The fourth-order valence-electron chi connectivity index (χ4n) is 2.61. The number of anilines is 2. The van der Waals surface area contributed by atoms with E-state index in [0.29, 0.717) is 6.04 Å². The summed E-state index contributed by atoms with van der Waals surface area (Å²) in [6, 6.07) is 7.23. The summed E-state index contributed by atoms with van der Waals surface area (Å²) < 4.78 is 0. The van der Waals surface area contributed by atoms with Crippen molar-refractivity contribution in [2.24, 2.45) is 0 Å². The van der Waals surface area contributed by atoms with Gasteiger partial charge in [-0.2, -0.15) is 0 Å². The average Bonchev–Trinajstić information content (AvgIpc) is 2.42. The Labute approximate surface area is 111 Å². The van der Waals surface area contributed by atoms with Gasteiger partial charge < -0.3 is 10.6 Å². The summed E-state index contributed by atoms with van der Waals surface area (Å²) in [5, 5.41) is 7.32. The Kier molecular flexibility index (Phi) is 4.91. The molecule has 0 aromatic heterocycles. The molecule has 2 rings (SSSR count). The third kappa shape index (κ3) is 3.18. The Balaban J connectivity index is 2.07. The second kappa shape index (κ2) is 6.67. The van der Waals surface area contributed by atoms with E-state index in [2.05, 4.69) is 42.7 Å². The summed E-state index contributed by atoms with van der Waals surface area (Å²) in [6.07, 6.45) is 7.59. The molecule has 0 bridgehead atoms. The summed E-state index contributed by atoms with van der Waals surface area (Å²) in [4.78, 5) is 0. The van der Waals surface area contributed by atoms with E-state index in [1.807, 2.05) is 0 Å². The summed E-state index contributed by atoms with van der Waals surface area (Å²) in [7, 11) is 0. The smallest absolute Gasteiger partial charge is 0.0611 e. The van der Waals surface area contributed by atoms with E-state index in [0.717, 1.165) is 6.54 Å². The number of nitrogens with one attached hydrogen (secondary N) is 2. The van der Waals surface area contributed by atoms with Crippen molar-refractivity contribution in [1.29, 1.82) is 0 Å². The van der Waals surface area contributed by atoms with Crippen LogP contribution >= 0.6 is 0 Å². The zero-order valence-corrected chi connectivity index (χ0v) is 11.8. The monoisotopic (exact) mass is 246 g/mol. The molecule has 1 heterocycles. The molecule has 2 nitrogen and oxygen atoms in total. The van der Waals surface area contributed by atoms with E-state index in [1.54, 1.807) is 0 Å². The van der Waals surface area contributed by atoms with Crippen molar-refractivity contribution in [2.75, 3.05) is 17.2 Å². The molecule has 0 spiro atoms. The maximum atomic E-state index is 3.75. The highest BCUT2D eigenvalue weighted by Crippen LogP contribution is 2.31. The van der Waals surface area contributed by atoms with E-state index in [9.17, 15) is 0 Å². The van der Waals surface area contributed by atoms with Crippen LogP contribution in [0.2, 0.25) is 0 Å². The number of hydrogen-bond donors (Lipinski definition) is 2. The highest BCUT2D eigenvalue weighted by atomic mass is 15.1. The van der Waals surface area contributed by atoms with Gasteiger partial charge in [0.25, 0.3) is 0 Å². The van der Waals surface area contributed by atoms with Crippen LogP contribution < -0.4 is 10.6 Å². The van der Waals surface area contributed by atoms with Crippen LogP contribution in [0.15, 0.2) is 18.2 Å². The summed E-state index contributed by atoms with van der Waals surface area (Å²) in [5.41, 5.74) is 4.12. The highest BCUT2D eigenvalue weighted by molar-refractivity contribution is 5.74. The van der Waals surface area contributed by atoms with Gasteiger partial charge >= 0.3 is 0 Å². The van der Waals surface area contributed by atoms with Gasteiger partial charge in [-0.25, -0.2) is 0 Å². The first-order valence-electron chi connectivity index (χ1n) is 7.47. The SMILES string of the molecule is CCCCc1cccc2c1NC(CCCC)CN2. The van der Waals surface area contributed by atoms with Crippen LogP contribution in [0, 0.1) is 0 Å². The molecular weight excluding hydrogens is 220 g/mol. The molecule has 1 aliphatic heterocycles. The highest BCUT2D eigenvalue weighted by Gasteiger charge is 2.18. The van der Waals surface area contributed by atoms with Crippen LogP contribution in [0.1, 0.15) is 51.5 Å². The molecule has 0 saturated carbocycles. The fourth-order valence-corrected chi connectivity index (χ4v) is 2.61. The number of rotatable bonds is 6. The fraction of sp³-hybridized carbons (Fsp3) is 0.625. The van der Waals surface area contributed by atoms with Gasteiger partial charge in [0.15, 0.2) is 0 Å². The number of fused-ring (bicyclic) bond motifs is 1. The number of unbranched alkanes of at least 4 members (excludes halogenated alkanes) is 2. The van der Waals surface area contributed by atoms with Crippen LogP contribution in [0.4, 0.5) is 11.4 Å². The molecule has 2 N–H and O–H groups in total. The molecule has 1 unspecified atom stereocenters. The molecular formula is C16H26N2. The Bertz CT molecular complexity index is 373. The molecule has 0 aliphatic carbocycles. The number of aryl methyl sites for hydroxylation is 1. The van der Waals surface area contributed by atoms with Crippen LogP contribution in [0.5, 0.6) is 0 Å². The van der Waals surface area contributed by atoms with E-state index in [4.69, 9.17) is 0 Å². The predicted molar refractivity (Wildman–Crippen MR) is 80.5 cm³/mol. The minimum absolute atomic E-state index is 0.597. The van der Waals surface area contributed by atoms with Crippen LogP contribution in [-0.2, 0) is 6.42 Å². The zero-order chi connectivity index (χ0) is 12.8. The molecule has 1 aliphatic rings. The van der Waals surface area contributed by atoms with Gasteiger partial charge in [0.1, 0.15) is 0 Å². The number of hydrogen-bond acceptors (Lipinski definition) is 2. The van der Waals surface area contributed by atoms with Gasteiger partial charge in [0.2, 0.25) is 0 Å². The third-order valence-electron chi connectivity index (χ3n) is 3.74. The lowest BCUT2D eigenvalue weighted by Crippen LogP contribution is -2.33. The van der Waals surface area contributed by atoms with E-state index >= 15 is 0 Å². The first-order chi connectivity index (χ1) is 8.85. The van der Waals surface area contributed by atoms with Gasteiger partial charge in [0, 0.05) is 12.6 Å². The van der Waals surface area contributed by atoms with E-state index in [1.165, 1.54) is 55.5 Å². The topological polar surface area (TPSA) is 24.1 Å². The van der Waals surface area contributed by atoms with E-state index in [-0.39, 0.29) is 0 Å². The van der Waals surface area contributed by atoms with Gasteiger partial charge in [-0.3, -0.25) is 0 Å². The molecule has 1 aromatic rings. The van der Waals surface area contributed by atoms with Gasteiger partial charge in [-0.15, -0.1) is 0 Å².